The minimum absolute atomic E-state index is 0.276. The van der Waals surface area contributed by atoms with E-state index < -0.39 is 5.24 Å². The summed E-state index contributed by atoms with van der Waals surface area (Å²) in [6.45, 7) is 0.276. The summed E-state index contributed by atoms with van der Waals surface area (Å²) < 4.78 is 3.48. The molecule has 0 unspecified atom stereocenters. The van der Waals surface area contributed by atoms with Crippen LogP contribution in [0.4, 0.5) is 4.79 Å². The predicted octanol–water partition coefficient (Wildman–Crippen LogP) is 2.01. The van der Waals surface area contributed by atoms with E-state index in [-0.39, 0.29) is 6.54 Å². The molecule has 0 saturated carbocycles. The first-order valence-electron chi connectivity index (χ1n) is 6.78. The molecular formula is C15H13N5O2S. The van der Waals surface area contributed by atoms with Gasteiger partial charge in [-0.15, -0.1) is 5.10 Å². The van der Waals surface area contributed by atoms with Crippen molar-refractivity contribution in [1.82, 2.24) is 24.9 Å². The highest BCUT2D eigenvalue weighted by Crippen LogP contribution is 2.14. The third-order valence-electron chi connectivity index (χ3n) is 3.23. The van der Waals surface area contributed by atoms with Crippen molar-refractivity contribution >= 4 is 24.2 Å². The molecule has 0 spiro atoms. The maximum atomic E-state index is 10.8. The third-order valence-corrected chi connectivity index (χ3v) is 3.38. The van der Waals surface area contributed by atoms with E-state index in [1.54, 1.807) is 23.1 Å². The first-order valence-corrected chi connectivity index (χ1v) is 7.22. The lowest BCUT2D eigenvalue weighted by Gasteiger charge is -2.04. The molecule has 0 aliphatic rings. The van der Waals surface area contributed by atoms with Crippen LogP contribution in [-0.4, -0.2) is 31.1 Å². The molecule has 7 nitrogen and oxygen atoms in total. The summed E-state index contributed by atoms with van der Waals surface area (Å²) in [6, 6.07) is 9.37. The Bertz CT molecular complexity index is 838. The Morgan fingerprint density at radius 2 is 1.91 bits per heavy atom. The molecule has 3 aromatic rings. The normalized spacial score (nSPS) is 10.5. The average molecular weight is 327 g/mol. The van der Waals surface area contributed by atoms with Crippen molar-refractivity contribution in [2.45, 2.75) is 6.54 Å². The van der Waals surface area contributed by atoms with Crippen molar-refractivity contribution in [2.75, 3.05) is 0 Å². The molecule has 0 fully saturated rings. The number of amides is 1. The molecule has 2 aromatic heterocycles. The molecule has 0 aliphatic heterocycles. The number of aromatic nitrogens is 4. The van der Waals surface area contributed by atoms with Crippen molar-refractivity contribution in [1.29, 1.82) is 0 Å². The van der Waals surface area contributed by atoms with Crippen LogP contribution in [0, 0.1) is 0 Å². The van der Waals surface area contributed by atoms with Crippen LogP contribution in [0.15, 0.2) is 48.9 Å². The van der Waals surface area contributed by atoms with Gasteiger partial charge in [0.25, 0.3) is 5.24 Å². The van der Waals surface area contributed by atoms with Crippen LogP contribution in [0.5, 0.6) is 0 Å². The van der Waals surface area contributed by atoms with Crippen molar-refractivity contribution in [2.24, 2.45) is 0 Å². The predicted molar refractivity (Wildman–Crippen MR) is 87.3 cm³/mol. The Hall–Kier alpha value is -2.87. The molecule has 0 bridgehead atoms. The Kier molecular flexibility index (Phi) is 4.24. The zero-order valence-corrected chi connectivity index (χ0v) is 12.9. The van der Waals surface area contributed by atoms with E-state index in [9.17, 15) is 9.59 Å². The highest BCUT2D eigenvalue weighted by Gasteiger charge is 2.05. The zero-order valence-electron chi connectivity index (χ0n) is 12.0. The van der Waals surface area contributed by atoms with Gasteiger partial charge in [0.1, 0.15) is 5.69 Å². The van der Waals surface area contributed by atoms with Gasteiger partial charge < -0.3 is 9.88 Å². The summed E-state index contributed by atoms with van der Waals surface area (Å²) in [6.07, 6.45) is 6.13. The fourth-order valence-corrected chi connectivity index (χ4v) is 2.17. The summed E-state index contributed by atoms with van der Waals surface area (Å²) in [5.41, 5.74) is 3.04. The Morgan fingerprint density at radius 3 is 2.57 bits per heavy atom. The first-order chi connectivity index (χ1) is 11.2. The highest BCUT2D eigenvalue weighted by molar-refractivity contribution is 7.96. The molecule has 3 rings (SSSR count). The van der Waals surface area contributed by atoms with Crippen LogP contribution in [0.1, 0.15) is 16.1 Å². The molecule has 2 heterocycles. The van der Waals surface area contributed by atoms with E-state index in [0.29, 0.717) is 11.3 Å². The quantitative estimate of drug-likeness (QED) is 0.555. The Morgan fingerprint density at radius 1 is 1.17 bits per heavy atom. The van der Waals surface area contributed by atoms with Crippen LogP contribution in [0.2, 0.25) is 0 Å². The minimum Gasteiger partial charge on any atom is -0.341 e. The van der Waals surface area contributed by atoms with Crippen LogP contribution < -0.4 is 5.32 Å². The van der Waals surface area contributed by atoms with Crippen LogP contribution in [-0.2, 0) is 6.54 Å². The fourth-order valence-electron chi connectivity index (χ4n) is 2.09. The second kappa shape index (κ2) is 6.49. The smallest absolute Gasteiger partial charge is 0.276 e. The molecule has 1 N–H and O–H groups in total. The maximum absolute atomic E-state index is 10.8. The summed E-state index contributed by atoms with van der Waals surface area (Å²) in [4.78, 5) is 21.5. The Balaban J connectivity index is 1.76. The van der Waals surface area contributed by atoms with Crippen molar-refractivity contribution in [3.8, 4) is 11.4 Å². The average Bonchev–Trinajstić information content (AvgIpc) is 3.22. The molecule has 1 amide bonds. The van der Waals surface area contributed by atoms with Crippen LogP contribution in [0.25, 0.3) is 11.4 Å². The SMILES string of the molecule is O=Cc1ccn(-c2ccc(-n3cc(CNC(=O)S)nn3)cc2)c1. The lowest BCUT2D eigenvalue weighted by molar-refractivity contribution is 0.112. The van der Waals surface area contributed by atoms with Gasteiger partial charge in [-0.2, -0.15) is 0 Å². The van der Waals surface area contributed by atoms with E-state index in [2.05, 4.69) is 28.3 Å². The van der Waals surface area contributed by atoms with E-state index >= 15 is 0 Å². The Labute approximate surface area is 137 Å². The van der Waals surface area contributed by atoms with E-state index in [1.807, 2.05) is 35.0 Å². The van der Waals surface area contributed by atoms with Crippen LogP contribution >= 0.6 is 12.6 Å². The lowest BCUT2D eigenvalue weighted by Crippen LogP contribution is -2.15. The summed E-state index contributed by atoms with van der Waals surface area (Å²) >= 11 is 3.63. The number of carbonyl (C=O) groups excluding carboxylic acids is 2. The molecule has 1 aromatic carbocycles. The zero-order chi connectivity index (χ0) is 16.2. The number of carbonyl (C=O) groups is 2. The fraction of sp³-hybridized carbons (Fsp3) is 0.0667. The second-order valence-corrected chi connectivity index (χ2v) is 5.21. The van der Waals surface area contributed by atoms with Gasteiger partial charge >= 0.3 is 0 Å². The highest BCUT2D eigenvalue weighted by atomic mass is 32.1. The maximum Gasteiger partial charge on any atom is 0.276 e. The van der Waals surface area contributed by atoms with Crippen LogP contribution in [0.3, 0.4) is 0 Å². The topological polar surface area (TPSA) is 81.8 Å². The van der Waals surface area contributed by atoms with Gasteiger partial charge in [0.05, 0.1) is 18.4 Å². The van der Waals surface area contributed by atoms with Crippen molar-refractivity contribution in [3.63, 3.8) is 0 Å². The summed E-state index contributed by atoms with van der Waals surface area (Å²) in [5.74, 6) is 0. The van der Waals surface area contributed by atoms with Gasteiger partial charge in [0, 0.05) is 23.6 Å². The number of hydrogen-bond acceptors (Lipinski definition) is 4. The number of benzene rings is 1. The number of nitrogens with zero attached hydrogens (tertiary/aromatic N) is 4. The van der Waals surface area contributed by atoms with Gasteiger partial charge in [0.15, 0.2) is 6.29 Å². The monoisotopic (exact) mass is 327 g/mol. The molecule has 23 heavy (non-hydrogen) atoms. The van der Waals surface area contributed by atoms with Gasteiger partial charge in [-0.1, -0.05) is 17.8 Å². The van der Waals surface area contributed by atoms with Gasteiger partial charge in [-0.3, -0.25) is 9.59 Å². The summed E-state index contributed by atoms with van der Waals surface area (Å²) in [5, 5.41) is 10.1. The van der Waals surface area contributed by atoms with E-state index in [1.165, 1.54) is 0 Å². The molecular weight excluding hydrogens is 314 g/mol. The first kappa shape index (κ1) is 15.0. The molecule has 0 radical (unpaired) electrons. The lowest BCUT2D eigenvalue weighted by atomic mass is 10.3. The number of aldehydes is 1. The largest absolute Gasteiger partial charge is 0.341 e. The van der Waals surface area contributed by atoms with E-state index in [0.717, 1.165) is 17.7 Å². The number of hydrogen-bond donors (Lipinski definition) is 2. The number of rotatable bonds is 5. The summed E-state index contributed by atoms with van der Waals surface area (Å²) in [7, 11) is 0. The molecule has 0 saturated heterocycles. The molecule has 0 atom stereocenters. The second-order valence-electron chi connectivity index (χ2n) is 4.80. The standard InChI is InChI=1S/C15H13N5O2S/c21-10-11-5-6-19(8-11)13-1-3-14(4-2-13)20-9-12(17-18-20)7-16-15(22)23/h1-6,8-10H,7H2,(H2,16,22,23). The number of nitrogens with one attached hydrogen (secondary N) is 1. The molecule has 116 valence electrons. The third kappa shape index (κ3) is 3.49. The molecule has 0 aliphatic carbocycles. The minimum atomic E-state index is -0.412. The van der Waals surface area contributed by atoms with Gasteiger partial charge in [0.2, 0.25) is 0 Å². The van der Waals surface area contributed by atoms with Gasteiger partial charge in [-0.05, 0) is 30.3 Å². The molecule has 8 heteroatoms. The number of thiol groups is 1. The van der Waals surface area contributed by atoms with Crippen molar-refractivity contribution < 1.29 is 9.59 Å². The van der Waals surface area contributed by atoms with E-state index in [4.69, 9.17) is 0 Å². The van der Waals surface area contributed by atoms with Gasteiger partial charge in [-0.25, -0.2) is 4.68 Å². The van der Waals surface area contributed by atoms with Crippen molar-refractivity contribution in [3.05, 3.63) is 60.2 Å².